The summed E-state index contributed by atoms with van der Waals surface area (Å²) in [5, 5.41) is 3.53. The lowest BCUT2D eigenvalue weighted by molar-refractivity contribution is 0.356. The Kier molecular flexibility index (Phi) is 4.00. The number of nitrogens with one attached hydrogen (secondary N) is 1. The van der Waals surface area contributed by atoms with Gasteiger partial charge in [-0.25, -0.2) is 0 Å². The molecule has 0 bridgehead atoms. The van der Waals surface area contributed by atoms with E-state index in [1.54, 1.807) is 0 Å². The van der Waals surface area contributed by atoms with E-state index in [2.05, 4.69) is 47.8 Å². The molecule has 1 atom stereocenters. The van der Waals surface area contributed by atoms with Crippen LogP contribution in [0.15, 0.2) is 48.5 Å². The first-order chi connectivity index (χ1) is 9.86. The molecule has 3 heteroatoms. The van der Waals surface area contributed by atoms with E-state index in [0.717, 1.165) is 25.3 Å². The Morgan fingerprint density at radius 3 is 2.80 bits per heavy atom. The lowest BCUT2D eigenvalue weighted by Gasteiger charge is -2.18. The zero-order valence-corrected chi connectivity index (χ0v) is 11.5. The lowest BCUT2D eigenvalue weighted by atomic mass is 10.0. The summed E-state index contributed by atoms with van der Waals surface area (Å²) in [7, 11) is 0. The molecular formula is C17H20N2O. The molecule has 0 aromatic heterocycles. The quantitative estimate of drug-likeness (QED) is 0.875. The molecule has 0 fully saturated rings. The number of fused-ring (bicyclic) bond motifs is 1. The molecule has 0 radical (unpaired) electrons. The van der Waals surface area contributed by atoms with Gasteiger partial charge in [0.15, 0.2) is 0 Å². The molecule has 0 aliphatic carbocycles. The molecule has 3 N–H and O–H groups in total. The second kappa shape index (κ2) is 6.07. The van der Waals surface area contributed by atoms with Gasteiger partial charge in [0.2, 0.25) is 0 Å². The highest BCUT2D eigenvalue weighted by atomic mass is 16.5. The first-order valence-electron chi connectivity index (χ1n) is 7.10. The Bertz CT molecular complexity index is 568. The van der Waals surface area contributed by atoms with E-state index in [1.165, 1.54) is 16.7 Å². The first kappa shape index (κ1) is 13.2. The van der Waals surface area contributed by atoms with Crippen molar-refractivity contribution < 1.29 is 4.74 Å². The van der Waals surface area contributed by atoms with Gasteiger partial charge in [-0.2, -0.15) is 0 Å². The van der Waals surface area contributed by atoms with Crippen LogP contribution in [0.2, 0.25) is 0 Å². The average molecular weight is 268 g/mol. The van der Waals surface area contributed by atoms with Crippen molar-refractivity contribution in [2.24, 2.45) is 5.73 Å². The van der Waals surface area contributed by atoms with Gasteiger partial charge in [0.25, 0.3) is 0 Å². The molecule has 1 aliphatic heterocycles. The van der Waals surface area contributed by atoms with E-state index in [-0.39, 0.29) is 6.04 Å². The van der Waals surface area contributed by atoms with Crippen LogP contribution in [-0.2, 0) is 13.0 Å². The van der Waals surface area contributed by atoms with Gasteiger partial charge < -0.3 is 15.8 Å². The van der Waals surface area contributed by atoms with Gasteiger partial charge in [0.1, 0.15) is 5.75 Å². The summed E-state index contributed by atoms with van der Waals surface area (Å²) < 4.78 is 5.54. The van der Waals surface area contributed by atoms with E-state index >= 15 is 0 Å². The second-order valence-electron chi connectivity index (χ2n) is 5.12. The summed E-state index contributed by atoms with van der Waals surface area (Å²) in [5.41, 5.74) is 9.73. The molecule has 0 amide bonds. The van der Waals surface area contributed by atoms with Crippen LogP contribution in [0.25, 0.3) is 0 Å². The summed E-state index contributed by atoms with van der Waals surface area (Å²) >= 11 is 0. The van der Waals surface area contributed by atoms with Crippen molar-refractivity contribution in [1.29, 1.82) is 0 Å². The smallest absolute Gasteiger partial charge is 0.122 e. The van der Waals surface area contributed by atoms with Crippen molar-refractivity contribution in [1.82, 2.24) is 5.32 Å². The van der Waals surface area contributed by atoms with E-state index in [0.29, 0.717) is 6.54 Å². The third-order valence-corrected chi connectivity index (χ3v) is 3.75. The maximum atomic E-state index is 5.92. The molecule has 0 spiro atoms. The van der Waals surface area contributed by atoms with E-state index < -0.39 is 0 Å². The van der Waals surface area contributed by atoms with Crippen molar-refractivity contribution in [2.45, 2.75) is 19.0 Å². The summed E-state index contributed by atoms with van der Waals surface area (Å²) in [4.78, 5) is 0. The average Bonchev–Trinajstić information content (AvgIpc) is 2.96. The van der Waals surface area contributed by atoms with Gasteiger partial charge in [-0.1, -0.05) is 42.5 Å². The van der Waals surface area contributed by atoms with Crippen LogP contribution in [0.4, 0.5) is 0 Å². The van der Waals surface area contributed by atoms with Crippen LogP contribution in [0.1, 0.15) is 22.7 Å². The first-order valence-corrected chi connectivity index (χ1v) is 7.10. The monoisotopic (exact) mass is 268 g/mol. The molecule has 3 rings (SSSR count). The molecular weight excluding hydrogens is 248 g/mol. The minimum Gasteiger partial charge on any atom is -0.493 e. The van der Waals surface area contributed by atoms with Gasteiger partial charge in [-0.3, -0.25) is 0 Å². The van der Waals surface area contributed by atoms with Crippen LogP contribution in [0, 0.1) is 0 Å². The SMILES string of the molecule is NCC(NCc1ccccc1)c1ccc2c(c1)CCO2. The number of hydrogen-bond acceptors (Lipinski definition) is 3. The van der Waals surface area contributed by atoms with Crippen molar-refractivity contribution in [3.63, 3.8) is 0 Å². The van der Waals surface area contributed by atoms with E-state index in [1.807, 2.05) is 6.07 Å². The molecule has 1 aliphatic rings. The minimum absolute atomic E-state index is 0.182. The third-order valence-electron chi connectivity index (χ3n) is 3.75. The Morgan fingerprint density at radius 2 is 2.00 bits per heavy atom. The normalized spacial score (nSPS) is 14.7. The highest BCUT2D eigenvalue weighted by molar-refractivity contribution is 5.41. The van der Waals surface area contributed by atoms with Crippen LogP contribution < -0.4 is 15.8 Å². The lowest BCUT2D eigenvalue weighted by Crippen LogP contribution is -2.27. The number of rotatable bonds is 5. The van der Waals surface area contributed by atoms with Crippen molar-refractivity contribution in [2.75, 3.05) is 13.2 Å². The minimum atomic E-state index is 0.182. The maximum absolute atomic E-state index is 5.92. The summed E-state index contributed by atoms with van der Waals surface area (Å²) in [6, 6.07) is 17.0. The predicted molar refractivity (Wildman–Crippen MR) is 80.7 cm³/mol. The van der Waals surface area contributed by atoms with Crippen molar-refractivity contribution in [3.05, 3.63) is 65.2 Å². The summed E-state index contributed by atoms with van der Waals surface area (Å²) in [6.07, 6.45) is 0.999. The zero-order valence-electron chi connectivity index (χ0n) is 11.5. The van der Waals surface area contributed by atoms with Gasteiger partial charge in [-0.15, -0.1) is 0 Å². The van der Waals surface area contributed by atoms with Gasteiger partial charge in [0.05, 0.1) is 6.61 Å². The predicted octanol–water partition coefficient (Wildman–Crippen LogP) is 2.41. The fraction of sp³-hybridized carbons (Fsp3) is 0.294. The maximum Gasteiger partial charge on any atom is 0.122 e. The molecule has 0 saturated carbocycles. The topological polar surface area (TPSA) is 47.3 Å². The Labute approximate surface area is 119 Å². The van der Waals surface area contributed by atoms with Crippen LogP contribution in [0.5, 0.6) is 5.75 Å². The molecule has 2 aromatic carbocycles. The molecule has 1 unspecified atom stereocenters. The van der Waals surface area contributed by atoms with Gasteiger partial charge in [-0.05, 0) is 22.8 Å². The number of nitrogens with two attached hydrogens (primary N) is 1. The fourth-order valence-electron chi connectivity index (χ4n) is 2.60. The summed E-state index contributed by atoms with van der Waals surface area (Å²) in [6.45, 7) is 2.21. The molecule has 20 heavy (non-hydrogen) atoms. The van der Waals surface area contributed by atoms with Crippen LogP contribution >= 0.6 is 0 Å². The summed E-state index contributed by atoms with van der Waals surface area (Å²) in [5.74, 6) is 1.02. The number of ether oxygens (including phenoxy) is 1. The highest BCUT2D eigenvalue weighted by Crippen LogP contribution is 2.28. The Balaban J connectivity index is 1.70. The van der Waals surface area contributed by atoms with Crippen LogP contribution in [0.3, 0.4) is 0 Å². The van der Waals surface area contributed by atoms with Crippen molar-refractivity contribution in [3.8, 4) is 5.75 Å². The molecule has 1 heterocycles. The van der Waals surface area contributed by atoms with Gasteiger partial charge in [0, 0.05) is 25.6 Å². The second-order valence-corrected chi connectivity index (χ2v) is 5.12. The largest absolute Gasteiger partial charge is 0.493 e. The van der Waals surface area contributed by atoms with E-state index in [4.69, 9.17) is 10.5 Å². The Morgan fingerprint density at radius 1 is 1.15 bits per heavy atom. The zero-order chi connectivity index (χ0) is 13.8. The standard InChI is InChI=1S/C17H20N2O/c18-11-16(19-12-13-4-2-1-3-5-13)14-6-7-17-15(10-14)8-9-20-17/h1-7,10,16,19H,8-9,11-12,18H2. The molecule has 3 nitrogen and oxygen atoms in total. The highest BCUT2D eigenvalue weighted by Gasteiger charge is 2.15. The molecule has 104 valence electrons. The molecule has 2 aromatic rings. The third kappa shape index (κ3) is 2.84. The fourth-order valence-corrected chi connectivity index (χ4v) is 2.60. The molecule has 0 saturated heterocycles. The van der Waals surface area contributed by atoms with Gasteiger partial charge >= 0.3 is 0 Å². The van der Waals surface area contributed by atoms with Crippen LogP contribution in [-0.4, -0.2) is 13.2 Å². The number of benzene rings is 2. The van der Waals surface area contributed by atoms with Crippen molar-refractivity contribution >= 4 is 0 Å². The van der Waals surface area contributed by atoms with E-state index in [9.17, 15) is 0 Å². The number of hydrogen-bond donors (Lipinski definition) is 2. The Hall–Kier alpha value is -1.84.